The Hall–Kier alpha value is -1.68. The van der Waals surface area contributed by atoms with E-state index in [2.05, 4.69) is 61.5 Å². The van der Waals surface area contributed by atoms with Crippen LogP contribution in [0.15, 0.2) is 24.3 Å². The molecule has 1 unspecified atom stereocenters. The fourth-order valence-corrected chi connectivity index (χ4v) is 3.36. The number of hydrogen-bond acceptors (Lipinski definition) is 5. The number of rotatable bonds is 9. The van der Waals surface area contributed by atoms with Crippen molar-refractivity contribution in [2.24, 2.45) is 0 Å². The molecule has 1 saturated heterocycles. The molecule has 0 amide bonds. The van der Waals surface area contributed by atoms with Crippen molar-refractivity contribution in [3.05, 3.63) is 29.8 Å². The fraction of sp³-hybridized carbons (Fsp3) is 0.556. The van der Waals surface area contributed by atoms with Crippen molar-refractivity contribution in [2.45, 2.75) is 32.7 Å². The van der Waals surface area contributed by atoms with E-state index in [1.165, 1.54) is 18.5 Å². The number of hydrazine groups is 2. The molecule has 0 aliphatic carbocycles. The maximum Gasteiger partial charge on any atom is 0.180 e. The zero-order chi connectivity index (χ0) is 19.5. The molecule has 7 nitrogen and oxygen atoms in total. The van der Waals surface area contributed by atoms with Gasteiger partial charge in [0, 0.05) is 38.4 Å². The lowest BCUT2D eigenvalue weighted by Crippen LogP contribution is -2.51. The molecule has 0 radical (unpaired) electrons. The lowest BCUT2D eigenvalue weighted by atomic mass is 10.1. The molecule has 0 spiro atoms. The molecule has 1 aliphatic heterocycles. The summed E-state index contributed by atoms with van der Waals surface area (Å²) < 4.78 is 0. The van der Waals surface area contributed by atoms with E-state index in [0.717, 1.165) is 31.7 Å². The highest BCUT2D eigenvalue weighted by Gasteiger charge is 2.15. The zero-order valence-corrected chi connectivity index (χ0v) is 17.7. The molecule has 2 rings (SSSR count). The number of hydrogen-bond donors (Lipinski definition) is 6. The van der Waals surface area contributed by atoms with Crippen LogP contribution >= 0.6 is 24.4 Å². The van der Waals surface area contributed by atoms with Gasteiger partial charge in [-0.25, -0.2) is 10.9 Å². The molecule has 1 atom stereocenters. The van der Waals surface area contributed by atoms with Gasteiger partial charge in [-0.2, -0.15) is 0 Å². The molecule has 1 heterocycles. The van der Waals surface area contributed by atoms with E-state index < -0.39 is 0 Å². The minimum atomic E-state index is 0.00570. The van der Waals surface area contributed by atoms with Gasteiger partial charge < -0.3 is 15.5 Å². The van der Waals surface area contributed by atoms with Crippen LogP contribution in [-0.4, -0.2) is 42.9 Å². The molecule has 150 valence electrons. The first-order valence-electron chi connectivity index (χ1n) is 9.55. The summed E-state index contributed by atoms with van der Waals surface area (Å²) >= 11 is 10.4. The Kier molecular flexibility index (Phi) is 9.54. The van der Waals surface area contributed by atoms with Crippen LogP contribution in [0.25, 0.3) is 0 Å². The van der Waals surface area contributed by atoms with E-state index in [9.17, 15) is 0 Å². The van der Waals surface area contributed by atoms with Crippen LogP contribution in [-0.2, 0) is 0 Å². The number of nitrogens with one attached hydrogen (secondary N) is 6. The van der Waals surface area contributed by atoms with Crippen LogP contribution in [0.3, 0.4) is 0 Å². The molecule has 1 aromatic carbocycles. The Labute approximate surface area is 173 Å². The first-order chi connectivity index (χ1) is 13.1. The summed E-state index contributed by atoms with van der Waals surface area (Å²) in [7, 11) is 0. The second-order valence-corrected chi connectivity index (χ2v) is 7.15. The minimum absolute atomic E-state index is 0.00570. The maximum atomic E-state index is 5.25. The monoisotopic (exact) mass is 409 g/mol. The van der Waals surface area contributed by atoms with Crippen LogP contribution in [0.1, 0.15) is 38.3 Å². The minimum Gasteiger partial charge on any atom is -0.372 e. The third-order valence-corrected chi connectivity index (χ3v) is 4.80. The van der Waals surface area contributed by atoms with Crippen LogP contribution in [0, 0.1) is 0 Å². The normalized spacial score (nSPS) is 14.5. The summed E-state index contributed by atoms with van der Waals surface area (Å²) in [4.78, 5) is 2.43. The van der Waals surface area contributed by atoms with Gasteiger partial charge in [0.1, 0.15) is 0 Å². The Morgan fingerprint density at radius 2 is 1.56 bits per heavy atom. The third-order valence-electron chi connectivity index (χ3n) is 4.31. The van der Waals surface area contributed by atoms with Gasteiger partial charge >= 0.3 is 0 Å². The average Bonchev–Trinajstić information content (AvgIpc) is 3.20. The van der Waals surface area contributed by atoms with Crippen molar-refractivity contribution in [3.8, 4) is 0 Å². The maximum absolute atomic E-state index is 5.25. The van der Waals surface area contributed by atoms with Gasteiger partial charge in [-0.1, -0.05) is 12.1 Å². The Morgan fingerprint density at radius 3 is 2.15 bits per heavy atom. The molecule has 0 aromatic heterocycles. The molecular weight excluding hydrogens is 378 g/mol. The SMILES string of the molecule is CCNC(=S)NNCC(NNC(=S)NCC)c1ccc(N2CCCC2)cc1. The Bertz CT molecular complexity index is 588. The molecule has 27 heavy (non-hydrogen) atoms. The van der Waals surface area contributed by atoms with Crippen molar-refractivity contribution in [3.63, 3.8) is 0 Å². The van der Waals surface area contributed by atoms with Gasteiger partial charge in [0.2, 0.25) is 0 Å². The molecule has 9 heteroatoms. The van der Waals surface area contributed by atoms with E-state index in [1.807, 2.05) is 13.8 Å². The van der Waals surface area contributed by atoms with Gasteiger partial charge in [0.25, 0.3) is 0 Å². The second kappa shape index (κ2) is 11.9. The van der Waals surface area contributed by atoms with Gasteiger partial charge in [-0.05, 0) is 68.8 Å². The number of thiocarbonyl (C=S) groups is 2. The predicted molar refractivity (Wildman–Crippen MR) is 121 cm³/mol. The lowest BCUT2D eigenvalue weighted by molar-refractivity contribution is 0.456. The zero-order valence-electron chi connectivity index (χ0n) is 16.1. The Morgan fingerprint density at radius 1 is 0.963 bits per heavy atom. The summed E-state index contributed by atoms with van der Waals surface area (Å²) in [5.41, 5.74) is 14.9. The molecule has 1 aromatic rings. The largest absolute Gasteiger partial charge is 0.372 e. The second-order valence-electron chi connectivity index (χ2n) is 6.33. The van der Waals surface area contributed by atoms with Crippen LogP contribution in [0.4, 0.5) is 5.69 Å². The van der Waals surface area contributed by atoms with Crippen LogP contribution < -0.4 is 37.2 Å². The highest BCUT2D eigenvalue weighted by atomic mass is 32.1. The van der Waals surface area contributed by atoms with Crippen molar-refractivity contribution in [1.29, 1.82) is 0 Å². The number of nitrogens with zero attached hydrogens (tertiary/aromatic N) is 1. The standard InChI is InChI=1S/C18H31N7S2/c1-3-19-17(26)23-21-13-16(22-24-18(27)20-4-2)14-7-9-15(10-8-14)25-11-5-6-12-25/h7-10,16,21-22H,3-6,11-13H2,1-2H3,(H2,19,23,26)(H2,20,24,27). The van der Waals surface area contributed by atoms with Crippen molar-refractivity contribution in [1.82, 2.24) is 32.3 Å². The molecule has 1 aliphatic rings. The van der Waals surface area contributed by atoms with Crippen LogP contribution in [0.2, 0.25) is 0 Å². The number of benzene rings is 1. The van der Waals surface area contributed by atoms with Crippen molar-refractivity contribution < 1.29 is 0 Å². The fourth-order valence-electron chi connectivity index (χ4n) is 2.94. The highest BCUT2D eigenvalue weighted by Crippen LogP contribution is 2.22. The van der Waals surface area contributed by atoms with E-state index in [1.54, 1.807) is 0 Å². The van der Waals surface area contributed by atoms with E-state index in [4.69, 9.17) is 24.4 Å². The van der Waals surface area contributed by atoms with Gasteiger partial charge in [-0.3, -0.25) is 10.9 Å². The third kappa shape index (κ3) is 7.45. The van der Waals surface area contributed by atoms with E-state index in [-0.39, 0.29) is 6.04 Å². The van der Waals surface area contributed by atoms with Gasteiger partial charge in [-0.15, -0.1) is 0 Å². The first kappa shape index (κ1) is 21.6. The summed E-state index contributed by atoms with van der Waals surface area (Å²) in [6, 6.07) is 8.70. The summed E-state index contributed by atoms with van der Waals surface area (Å²) in [6.07, 6.45) is 2.55. The highest BCUT2D eigenvalue weighted by molar-refractivity contribution is 7.80. The summed E-state index contributed by atoms with van der Waals surface area (Å²) in [6.45, 7) is 8.49. The predicted octanol–water partition coefficient (Wildman–Crippen LogP) is 1.31. The summed E-state index contributed by atoms with van der Waals surface area (Å²) in [5.74, 6) is 0. The first-order valence-corrected chi connectivity index (χ1v) is 10.4. The van der Waals surface area contributed by atoms with Crippen molar-refractivity contribution >= 4 is 40.3 Å². The lowest BCUT2D eigenvalue weighted by Gasteiger charge is -2.23. The topological polar surface area (TPSA) is 75.4 Å². The van der Waals surface area contributed by atoms with E-state index >= 15 is 0 Å². The van der Waals surface area contributed by atoms with Gasteiger partial charge in [0.05, 0.1) is 6.04 Å². The summed E-state index contributed by atoms with van der Waals surface area (Å²) in [5, 5.41) is 7.28. The molecule has 0 bridgehead atoms. The van der Waals surface area contributed by atoms with Crippen molar-refractivity contribution in [2.75, 3.05) is 37.6 Å². The smallest absolute Gasteiger partial charge is 0.180 e. The molecule has 1 fully saturated rings. The van der Waals surface area contributed by atoms with Crippen LogP contribution in [0.5, 0.6) is 0 Å². The average molecular weight is 410 g/mol. The van der Waals surface area contributed by atoms with E-state index in [0.29, 0.717) is 16.8 Å². The van der Waals surface area contributed by atoms with Gasteiger partial charge in [0.15, 0.2) is 10.2 Å². The molecule has 0 saturated carbocycles. The Balaban J connectivity index is 1.96. The molecular formula is C18H31N7S2. The molecule has 6 N–H and O–H groups in total. The number of anilines is 1. The quantitative estimate of drug-likeness (QED) is 0.267.